The fourth-order valence-corrected chi connectivity index (χ4v) is 1.40. The Labute approximate surface area is 95.9 Å². The van der Waals surface area contributed by atoms with E-state index in [2.05, 4.69) is 24.0 Å². The SMILES string of the molecule is C=N/C=C(\NCCC)c1ccc(C)cc1F. The van der Waals surface area contributed by atoms with Crippen LogP contribution in [0.4, 0.5) is 4.39 Å². The van der Waals surface area contributed by atoms with Gasteiger partial charge in [-0.3, -0.25) is 4.99 Å². The van der Waals surface area contributed by atoms with E-state index in [-0.39, 0.29) is 5.82 Å². The van der Waals surface area contributed by atoms with Crippen LogP contribution < -0.4 is 5.32 Å². The van der Waals surface area contributed by atoms with Crippen LogP contribution in [0, 0.1) is 12.7 Å². The zero-order valence-corrected chi connectivity index (χ0v) is 9.76. The molecule has 16 heavy (non-hydrogen) atoms. The molecule has 0 aliphatic carbocycles. The van der Waals surface area contributed by atoms with E-state index in [0.717, 1.165) is 18.5 Å². The van der Waals surface area contributed by atoms with Crippen molar-refractivity contribution in [2.75, 3.05) is 6.54 Å². The van der Waals surface area contributed by atoms with Crippen molar-refractivity contribution in [3.05, 3.63) is 41.3 Å². The monoisotopic (exact) mass is 220 g/mol. The van der Waals surface area contributed by atoms with Gasteiger partial charge in [-0.1, -0.05) is 13.0 Å². The molecule has 0 saturated heterocycles. The molecule has 0 aromatic heterocycles. The normalized spacial score (nSPS) is 11.3. The molecule has 0 aliphatic heterocycles. The fourth-order valence-electron chi connectivity index (χ4n) is 1.40. The number of hydrogen-bond donors (Lipinski definition) is 1. The first kappa shape index (κ1) is 12.4. The first-order chi connectivity index (χ1) is 7.69. The summed E-state index contributed by atoms with van der Waals surface area (Å²) >= 11 is 0. The third kappa shape index (κ3) is 3.19. The van der Waals surface area contributed by atoms with Gasteiger partial charge in [-0.25, -0.2) is 4.39 Å². The summed E-state index contributed by atoms with van der Waals surface area (Å²) in [5, 5.41) is 3.13. The predicted molar refractivity (Wildman–Crippen MR) is 67.0 cm³/mol. The molecular formula is C13H17FN2. The van der Waals surface area contributed by atoms with Crippen LogP contribution >= 0.6 is 0 Å². The van der Waals surface area contributed by atoms with Crippen molar-refractivity contribution < 1.29 is 4.39 Å². The molecule has 0 atom stereocenters. The quantitative estimate of drug-likeness (QED) is 0.757. The van der Waals surface area contributed by atoms with Crippen LogP contribution in [0.3, 0.4) is 0 Å². The summed E-state index contributed by atoms with van der Waals surface area (Å²) in [6.45, 7) is 8.09. The minimum absolute atomic E-state index is 0.237. The molecule has 0 amide bonds. The van der Waals surface area contributed by atoms with Gasteiger partial charge in [0.15, 0.2) is 0 Å². The Morgan fingerprint density at radius 1 is 1.56 bits per heavy atom. The Kier molecular flexibility index (Phi) is 4.70. The van der Waals surface area contributed by atoms with Gasteiger partial charge in [0.1, 0.15) is 5.82 Å². The van der Waals surface area contributed by atoms with E-state index in [1.807, 2.05) is 13.0 Å². The maximum atomic E-state index is 13.7. The van der Waals surface area contributed by atoms with Crippen molar-refractivity contribution in [3.8, 4) is 0 Å². The van der Waals surface area contributed by atoms with E-state index in [1.165, 1.54) is 6.07 Å². The molecule has 0 fully saturated rings. The van der Waals surface area contributed by atoms with Crippen molar-refractivity contribution in [2.24, 2.45) is 4.99 Å². The number of nitrogens with one attached hydrogen (secondary N) is 1. The third-order valence-corrected chi connectivity index (χ3v) is 2.20. The van der Waals surface area contributed by atoms with Crippen LogP contribution in [0.1, 0.15) is 24.5 Å². The van der Waals surface area contributed by atoms with E-state index in [4.69, 9.17) is 0 Å². The molecule has 0 radical (unpaired) electrons. The molecule has 0 spiro atoms. The molecule has 0 heterocycles. The lowest BCUT2D eigenvalue weighted by molar-refractivity contribution is 0.620. The van der Waals surface area contributed by atoms with E-state index in [1.54, 1.807) is 12.3 Å². The average molecular weight is 220 g/mol. The Hall–Kier alpha value is -1.64. The highest BCUT2D eigenvalue weighted by Crippen LogP contribution is 2.17. The average Bonchev–Trinajstić information content (AvgIpc) is 2.25. The fraction of sp³-hybridized carbons (Fsp3) is 0.308. The molecule has 1 N–H and O–H groups in total. The summed E-state index contributed by atoms with van der Waals surface area (Å²) in [6, 6.07) is 5.15. The van der Waals surface area contributed by atoms with Gasteiger partial charge in [0, 0.05) is 18.3 Å². The summed E-state index contributed by atoms with van der Waals surface area (Å²) in [5.74, 6) is -0.237. The van der Waals surface area contributed by atoms with Gasteiger partial charge < -0.3 is 5.32 Å². The van der Waals surface area contributed by atoms with Crippen LogP contribution in [0.15, 0.2) is 29.4 Å². The van der Waals surface area contributed by atoms with Crippen molar-refractivity contribution in [3.63, 3.8) is 0 Å². The molecule has 0 bridgehead atoms. The van der Waals surface area contributed by atoms with Crippen LogP contribution in [0.2, 0.25) is 0 Å². The zero-order valence-electron chi connectivity index (χ0n) is 9.76. The van der Waals surface area contributed by atoms with Crippen molar-refractivity contribution >= 4 is 12.4 Å². The smallest absolute Gasteiger partial charge is 0.132 e. The molecular weight excluding hydrogens is 203 g/mol. The second-order valence-electron chi connectivity index (χ2n) is 3.64. The Balaban J connectivity index is 3.01. The summed E-state index contributed by atoms with van der Waals surface area (Å²) < 4.78 is 13.7. The van der Waals surface area contributed by atoms with Gasteiger partial charge >= 0.3 is 0 Å². The van der Waals surface area contributed by atoms with Crippen LogP contribution in [-0.2, 0) is 0 Å². The highest BCUT2D eigenvalue weighted by molar-refractivity contribution is 5.65. The lowest BCUT2D eigenvalue weighted by Crippen LogP contribution is -2.14. The highest BCUT2D eigenvalue weighted by Gasteiger charge is 2.07. The molecule has 1 aromatic rings. The Morgan fingerprint density at radius 3 is 2.88 bits per heavy atom. The molecule has 0 saturated carbocycles. The van der Waals surface area contributed by atoms with Gasteiger partial charge in [0.25, 0.3) is 0 Å². The molecule has 3 heteroatoms. The van der Waals surface area contributed by atoms with E-state index < -0.39 is 0 Å². The molecule has 86 valence electrons. The van der Waals surface area contributed by atoms with E-state index in [0.29, 0.717) is 11.3 Å². The maximum Gasteiger partial charge on any atom is 0.132 e. The minimum Gasteiger partial charge on any atom is -0.383 e. The highest BCUT2D eigenvalue weighted by atomic mass is 19.1. The first-order valence-electron chi connectivity index (χ1n) is 5.35. The second kappa shape index (κ2) is 6.05. The summed E-state index contributed by atoms with van der Waals surface area (Å²) in [6.07, 6.45) is 2.52. The number of rotatable bonds is 5. The largest absolute Gasteiger partial charge is 0.383 e. The van der Waals surface area contributed by atoms with Crippen molar-refractivity contribution in [2.45, 2.75) is 20.3 Å². The number of aryl methyl sites for hydroxylation is 1. The summed E-state index contributed by atoms with van der Waals surface area (Å²) in [7, 11) is 0. The minimum atomic E-state index is -0.237. The lowest BCUT2D eigenvalue weighted by atomic mass is 10.1. The lowest BCUT2D eigenvalue weighted by Gasteiger charge is -2.10. The van der Waals surface area contributed by atoms with Crippen LogP contribution in [-0.4, -0.2) is 13.3 Å². The summed E-state index contributed by atoms with van der Waals surface area (Å²) in [5.41, 5.74) is 2.11. The number of aliphatic imine (C=N–C) groups is 1. The standard InChI is InChI=1S/C13H17FN2/c1-4-7-16-13(9-15-3)11-6-5-10(2)8-12(11)14/h5-6,8-9,16H,3-4,7H2,1-2H3/b13-9-. The molecule has 0 unspecified atom stereocenters. The van der Waals surface area contributed by atoms with Gasteiger partial charge in [0.05, 0.1) is 5.70 Å². The molecule has 0 aliphatic rings. The topological polar surface area (TPSA) is 24.4 Å². The Morgan fingerprint density at radius 2 is 2.31 bits per heavy atom. The van der Waals surface area contributed by atoms with Crippen LogP contribution in [0.5, 0.6) is 0 Å². The van der Waals surface area contributed by atoms with Gasteiger partial charge in [-0.05, 0) is 37.8 Å². The van der Waals surface area contributed by atoms with Crippen molar-refractivity contribution in [1.82, 2.24) is 5.32 Å². The van der Waals surface area contributed by atoms with Gasteiger partial charge in [-0.2, -0.15) is 0 Å². The van der Waals surface area contributed by atoms with E-state index in [9.17, 15) is 4.39 Å². The van der Waals surface area contributed by atoms with E-state index >= 15 is 0 Å². The van der Waals surface area contributed by atoms with Gasteiger partial charge in [-0.15, -0.1) is 0 Å². The molecule has 1 aromatic carbocycles. The maximum absolute atomic E-state index is 13.7. The number of nitrogens with zero attached hydrogens (tertiary/aromatic N) is 1. The molecule has 2 nitrogen and oxygen atoms in total. The molecule has 1 rings (SSSR count). The predicted octanol–water partition coefficient (Wildman–Crippen LogP) is 3.13. The number of benzene rings is 1. The van der Waals surface area contributed by atoms with Gasteiger partial charge in [0.2, 0.25) is 0 Å². The number of hydrogen-bond acceptors (Lipinski definition) is 2. The van der Waals surface area contributed by atoms with Crippen molar-refractivity contribution in [1.29, 1.82) is 0 Å². The summed E-state index contributed by atoms with van der Waals surface area (Å²) in [4.78, 5) is 3.69. The third-order valence-electron chi connectivity index (χ3n) is 2.20. The zero-order chi connectivity index (χ0) is 12.0. The Bertz CT molecular complexity index is 397. The first-order valence-corrected chi connectivity index (χ1v) is 5.35. The van der Waals surface area contributed by atoms with Crippen LogP contribution in [0.25, 0.3) is 5.70 Å². The second-order valence-corrected chi connectivity index (χ2v) is 3.64. The number of halogens is 1.